The highest BCUT2D eigenvalue weighted by atomic mass is 16.5. The van der Waals surface area contributed by atoms with Crippen molar-refractivity contribution in [1.82, 2.24) is 10.2 Å². The molecule has 0 heterocycles. The van der Waals surface area contributed by atoms with E-state index in [0.29, 0.717) is 30.9 Å². The van der Waals surface area contributed by atoms with Crippen molar-refractivity contribution in [2.45, 2.75) is 6.92 Å². The maximum Gasteiger partial charge on any atom is 0.251 e. The topological polar surface area (TPSA) is 58.6 Å². The van der Waals surface area contributed by atoms with Crippen molar-refractivity contribution >= 4 is 11.8 Å². The minimum Gasteiger partial charge on any atom is -0.497 e. The molecule has 2 amide bonds. The van der Waals surface area contributed by atoms with Crippen LogP contribution in [0.4, 0.5) is 0 Å². The lowest BCUT2D eigenvalue weighted by Crippen LogP contribution is -2.37. The predicted molar refractivity (Wildman–Crippen MR) is 77.8 cm³/mol. The molecular formula is C15H20N2O3. The molecule has 0 spiro atoms. The Hall–Kier alpha value is -2.30. The van der Waals surface area contributed by atoms with E-state index in [1.54, 1.807) is 42.4 Å². The molecule has 0 aliphatic carbocycles. The molecule has 1 aromatic rings. The number of benzene rings is 1. The van der Waals surface area contributed by atoms with Crippen LogP contribution in [0.15, 0.2) is 36.9 Å². The third-order valence-electron chi connectivity index (χ3n) is 2.79. The van der Waals surface area contributed by atoms with Crippen molar-refractivity contribution in [2.24, 2.45) is 0 Å². The number of carbonyl (C=O) groups excluding carboxylic acids is 2. The van der Waals surface area contributed by atoms with E-state index in [1.807, 2.05) is 0 Å². The van der Waals surface area contributed by atoms with Gasteiger partial charge in [-0.3, -0.25) is 9.59 Å². The van der Waals surface area contributed by atoms with Crippen LogP contribution in [0.3, 0.4) is 0 Å². The van der Waals surface area contributed by atoms with Crippen LogP contribution in [0.25, 0.3) is 0 Å². The van der Waals surface area contributed by atoms with E-state index in [-0.39, 0.29) is 11.8 Å². The Labute approximate surface area is 119 Å². The van der Waals surface area contributed by atoms with Crippen LogP contribution in [0.5, 0.6) is 5.75 Å². The van der Waals surface area contributed by atoms with Gasteiger partial charge in [0.2, 0.25) is 5.91 Å². The van der Waals surface area contributed by atoms with Crippen molar-refractivity contribution in [2.75, 3.05) is 26.7 Å². The number of hydrogen-bond acceptors (Lipinski definition) is 3. The van der Waals surface area contributed by atoms with Gasteiger partial charge in [0.15, 0.2) is 0 Å². The molecule has 1 rings (SSSR count). The van der Waals surface area contributed by atoms with Gasteiger partial charge in [0.25, 0.3) is 5.91 Å². The van der Waals surface area contributed by atoms with E-state index in [1.165, 1.54) is 6.92 Å². The van der Waals surface area contributed by atoms with E-state index in [0.717, 1.165) is 0 Å². The summed E-state index contributed by atoms with van der Waals surface area (Å²) in [7, 11) is 1.55. The van der Waals surface area contributed by atoms with Gasteiger partial charge < -0.3 is 15.0 Å². The van der Waals surface area contributed by atoms with Gasteiger partial charge in [-0.15, -0.1) is 6.58 Å². The Morgan fingerprint density at radius 1 is 1.45 bits per heavy atom. The molecule has 0 unspecified atom stereocenters. The standard InChI is InChI=1S/C15H20N2O3/c1-4-9-17(12(2)18)10-8-16-15(19)13-6-5-7-14(11-13)20-3/h4-7,11H,1,8-10H2,2-3H3,(H,16,19). The summed E-state index contributed by atoms with van der Waals surface area (Å²) in [5.74, 6) is 0.404. The lowest BCUT2D eigenvalue weighted by Gasteiger charge is -2.19. The highest BCUT2D eigenvalue weighted by molar-refractivity contribution is 5.94. The maximum absolute atomic E-state index is 11.9. The molecule has 0 saturated carbocycles. The van der Waals surface area contributed by atoms with Crippen LogP contribution in [-0.2, 0) is 4.79 Å². The van der Waals surface area contributed by atoms with Gasteiger partial charge in [0.05, 0.1) is 7.11 Å². The molecule has 1 aromatic carbocycles. The Balaban J connectivity index is 2.50. The lowest BCUT2D eigenvalue weighted by molar-refractivity contribution is -0.128. The summed E-state index contributed by atoms with van der Waals surface area (Å²) in [5, 5.41) is 2.77. The van der Waals surface area contributed by atoms with Crippen LogP contribution < -0.4 is 10.1 Å². The van der Waals surface area contributed by atoms with Crippen molar-refractivity contribution in [3.63, 3.8) is 0 Å². The first-order chi connectivity index (χ1) is 9.58. The van der Waals surface area contributed by atoms with Gasteiger partial charge in [-0.25, -0.2) is 0 Å². The minimum atomic E-state index is -0.189. The third kappa shape index (κ3) is 4.76. The van der Waals surface area contributed by atoms with Crippen LogP contribution in [0, 0.1) is 0 Å². The van der Waals surface area contributed by atoms with Crippen LogP contribution in [0.1, 0.15) is 17.3 Å². The summed E-state index contributed by atoms with van der Waals surface area (Å²) in [4.78, 5) is 24.9. The molecule has 0 bridgehead atoms. The van der Waals surface area contributed by atoms with Gasteiger partial charge in [-0.2, -0.15) is 0 Å². The molecule has 5 nitrogen and oxygen atoms in total. The fraction of sp³-hybridized carbons (Fsp3) is 0.333. The van der Waals surface area contributed by atoms with E-state index < -0.39 is 0 Å². The van der Waals surface area contributed by atoms with Gasteiger partial charge in [0, 0.05) is 32.1 Å². The molecule has 0 aliphatic rings. The zero-order valence-electron chi connectivity index (χ0n) is 11.9. The second kappa shape index (κ2) is 7.99. The smallest absolute Gasteiger partial charge is 0.251 e. The number of amides is 2. The van der Waals surface area contributed by atoms with E-state index in [9.17, 15) is 9.59 Å². The molecule has 0 atom stereocenters. The SMILES string of the molecule is C=CCN(CCNC(=O)c1cccc(OC)c1)C(C)=O. The third-order valence-corrected chi connectivity index (χ3v) is 2.79. The van der Waals surface area contributed by atoms with E-state index >= 15 is 0 Å². The quantitative estimate of drug-likeness (QED) is 0.767. The first kappa shape index (κ1) is 15.8. The molecule has 0 radical (unpaired) electrons. The second-order valence-corrected chi connectivity index (χ2v) is 4.24. The van der Waals surface area contributed by atoms with E-state index in [4.69, 9.17) is 4.74 Å². The molecule has 0 aromatic heterocycles. The summed E-state index contributed by atoms with van der Waals surface area (Å²) in [6.45, 7) is 6.42. The molecule has 1 N–H and O–H groups in total. The second-order valence-electron chi connectivity index (χ2n) is 4.24. The number of methoxy groups -OCH3 is 1. The molecular weight excluding hydrogens is 256 g/mol. The number of nitrogens with one attached hydrogen (secondary N) is 1. The monoisotopic (exact) mass is 276 g/mol. The number of nitrogens with zero attached hydrogens (tertiary/aromatic N) is 1. The zero-order valence-corrected chi connectivity index (χ0v) is 11.9. The van der Waals surface area contributed by atoms with Gasteiger partial charge >= 0.3 is 0 Å². The first-order valence-electron chi connectivity index (χ1n) is 6.37. The Morgan fingerprint density at radius 2 is 2.20 bits per heavy atom. The normalized spacial score (nSPS) is 9.70. The fourth-order valence-corrected chi connectivity index (χ4v) is 1.70. The summed E-state index contributed by atoms with van der Waals surface area (Å²) in [5.41, 5.74) is 0.530. The van der Waals surface area contributed by atoms with Crippen LogP contribution >= 0.6 is 0 Å². The number of carbonyl (C=O) groups is 2. The lowest BCUT2D eigenvalue weighted by atomic mass is 10.2. The summed E-state index contributed by atoms with van der Waals surface area (Å²) in [6.07, 6.45) is 1.66. The van der Waals surface area contributed by atoms with Crippen LogP contribution in [0.2, 0.25) is 0 Å². The number of rotatable bonds is 7. The van der Waals surface area contributed by atoms with E-state index in [2.05, 4.69) is 11.9 Å². The maximum atomic E-state index is 11.9. The summed E-state index contributed by atoms with van der Waals surface area (Å²) in [6, 6.07) is 6.91. The van der Waals surface area contributed by atoms with Crippen LogP contribution in [-0.4, -0.2) is 43.5 Å². The van der Waals surface area contributed by atoms with Crippen molar-refractivity contribution < 1.29 is 14.3 Å². The van der Waals surface area contributed by atoms with Gasteiger partial charge in [0.1, 0.15) is 5.75 Å². The fourth-order valence-electron chi connectivity index (χ4n) is 1.70. The Morgan fingerprint density at radius 3 is 2.80 bits per heavy atom. The molecule has 0 aliphatic heterocycles. The first-order valence-corrected chi connectivity index (χ1v) is 6.37. The number of hydrogen-bond donors (Lipinski definition) is 1. The average Bonchev–Trinajstić information content (AvgIpc) is 2.46. The van der Waals surface area contributed by atoms with Gasteiger partial charge in [-0.1, -0.05) is 12.1 Å². The minimum absolute atomic E-state index is 0.0412. The van der Waals surface area contributed by atoms with Gasteiger partial charge in [-0.05, 0) is 18.2 Å². The molecule has 108 valence electrons. The van der Waals surface area contributed by atoms with Crippen molar-refractivity contribution in [3.8, 4) is 5.75 Å². The Bertz CT molecular complexity index is 486. The summed E-state index contributed by atoms with van der Waals surface area (Å²) >= 11 is 0. The van der Waals surface area contributed by atoms with Crippen molar-refractivity contribution in [1.29, 1.82) is 0 Å². The summed E-state index contributed by atoms with van der Waals surface area (Å²) < 4.78 is 5.07. The largest absolute Gasteiger partial charge is 0.497 e. The molecule has 20 heavy (non-hydrogen) atoms. The highest BCUT2D eigenvalue weighted by Crippen LogP contribution is 2.12. The Kier molecular flexibility index (Phi) is 6.29. The molecule has 5 heteroatoms. The number of ether oxygens (including phenoxy) is 1. The zero-order chi connectivity index (χ0) is 15.0. The molecule has 0 fully saturated rings. The average molecular weight is 276 g/mol. The molecule has 0 saturated heterocycles. The predicted octanol–water partition coefficient (Wildman–Crippen LogP) is 1.46. The highest BCUT2D eigenvalue weighted by Gasteiger charge is 2.09. The van der Waals surface area contributed by atoms with Crippen molar-refractivity contribution in [3.05, 3.63) is 42.5 Å².